The molecular weight excluding hydrogens is 429 g/mol. The molecule has 0 atom stereocenters. The summed E-state index contributed by atoms with van der Waals surface area (Å²) in [7, 11) is -3.64. The van der Waals surface area contributed by atoms with Gasteiger partial charge in [0.1, 0.15) is 0 Å². The number of hydrogen-bond donors (Lipinski definition) is 1. The lowest BCUT2D eigenvalue weighted by atomic mass is 10.2. The lowest BCUT2D eigenvalue weighted by molar-refractivity contribution is 0.601. The highest BCUT2D eigenvalue weighted by atomic mass is 79.9. The number of halogens is 3. The Morgan fingerprint density at radius 1 is 1.15 bits per heavy atom. The zero-order chi connectivity index (χ0) is 14.8. The van der Waals surface area contributed by atoms with Gasteiger partial charge in [-0.3, -0.25) is 4.72 Å². The molecular formula is C13H10Br2ClNO2S. The maximum absolute atomic E-state index is 12.3. The fourth-order valence-electron chi connectivity index (χ4n) is 1.58. The van der Waals surface area contributed by atoms with E-state index in [4.69, 9.17) is 11.6 Å². The van der Waals surface area contributed by atoms with Gasteiger partial charge in [0, 0.05) is 9.80 Å². The molecule has 0 unspecified atom stereocenters. The van der Waals surface area contributed by atoms with Crippen LogP contribution in [-0.2, 0) is 15.4 Å². The fourth-order valence-corrected chi connectivity index (χ4v) is 3.85. The molecule has 0 heterocycles. The minimum atomic E-state index is -3.64. The lowest BCUT2D eigenvalue weighted by Crippen LogP contribution is -2.14. The molecule has 0 radical (unpaired) electrons. The Hall–Kier alpha value is -0.560. The minimum absolute atomic E-state index is 0.151. The van der Waals surface area contributed by atoms with Crippen LogP contribution in [-0.4, -0.2) is 8.42 Å². The summed E-state index contributed by atoms with van der Waals surface area (Å²) in [6, 6.07) is 11.7. The van der Waals surface area contributed by atoms with Crippen LogP contribution in [0.15, 0.2) is 51.8 Å². The van der Waals surface area contributed by atoms with Crippen molar-refractivity contribution in [2.24, 2.45) is 0 Å². The van der Waals surface area contributed by atoms with Crippen molar-refractivity contribution in [3.8, 4) is 0 Å². The van der Waals surface area contributed by atoms with E-state index in [0.29, 0.717) is 20.5 Å². The van der Waals surface area contributed by atoms with Crippen molar-refractivity contribution >= 4 is 59.2 Å². The van der Waals surface area contributed by atoms with Crippen LogP contribution in [0.2, 0.25) is 5.02 Å². The van der Waals surface area contributed by atoms with Gasteiger partial charge in [-0.15, -0.1) is 0 Å². The van der Waals surface area contributed by atoms with Crippen LogP contribution in [0, 0.1) is 0 Å². The van der Waals surface area contributed by atoms with Gasteiger partial charge >= 0.3 is 0 Å². The molecule has 0 aliphatic heterocycles. The third-order valence-electron chi connectivity index (χ3n) is 2.61. The first-order valence-electron chi connectivity index (χ1n) is 5.56. The van der Waals surface area contributed by atoms with E-state index in [1.807, 2.05) is 12.1 Å². The first kappa shape index (κ1) is 15.8. The third-order valence-corrected chi connectivity index (χ3v) is 5.79. The zero-order valence-corrected chi connectivity index (χ0v) is 14.9. The van der Waals surface area contributed by atoms with E-state index in [9.17, 15) is 8.42 Å². The number of alkyl halides is 1. The average Bonchev–Trinajstić information content (AvgIpc) is 2.42. The Morgan fingerprint density at radius 2 is 1.85 bits per heavy atom. The van der Waals surface area contributed by atoms with Crippen molar-refractivity contribution in [3.63, 3.8) is 0 Å². The van der Waals surface area contributed by atoms with E-state index in [2.05, 4.69) is 36.6 Å². The molecule has 0 bridgehead atoms. The van der Waals surface area contributed by atoms with Gasteiger partial charge in [0.25, 0.3) is 10.0 Å². The summed E-state index contributed by atoms with van der Waals surface area (Å²) >= 11 is 12.4. The Bertz CT molecular complexity index is 735. The molecule has 0 spiro atoms. The van der Waals surface area contributed by atoms with Crippen molar-refractivity contribution in [2.45, 2.75) is 10.2 Å². The molecule has 0 saturated carbocycles. The summed E-state index contributed by atoms with van der Waals surface area (Å²) in [5, 5.41) is 1.03. The third kappa shape index (κ3) is 3.55. The van der Waals surface area contributed by atoms with Crippen LogP contribution >= 0.6 is 43.5 Å². The molecule has 0 aromatic heterocycles. The van der Waals surface area contributed by atoms with Gasteiger partial charge in [0.2, 0.25) is 0 Å². The van der Waals surface area contributed by atoms with Gasteiger partial charge in [-0.2, -0.15) is 0 Å². The van der Waals surface area contributed by atoms with Crippen molar-refractivity contribution in [3.05, 3.63) is 57.5 Å². The van der Waals surface area contributed by atoms with Gasteiger partial charge < -0.3 is 0 Å². The standard InChI is InChI=1S/C13H10Br2ClNO2S/c14-8-9-3-1-2-4-13(9)17-20(18,19)10-5-6-12(16)11(15)7-10/h1-7,17H,8H2. The number of para-hydroxylation sites is 1. The normalized spacial score (nSPS) is 11.3. The maximum atomic E-state index is 12.3. The van der Waals surface area contributed by atoms with Crippen molar-refractivity contribution in [1.82, 2.24) is 0 Å². The first-order valence-corrected chi connectivity index (χ1v) is 9.33. The summed E-state index contributed by atoms with van der Waals surface area (Å²) in [6.07, 6.45) is 0. The molecule has 1 N–H and O–H groups in total. The predicted molar refractivity (Wildman–Crippen MR) is 89.0 cm³/mol. The number of hydrogen-bond acceptors (Lipinski definition) is 2. The molecule has 0 aliphatic carbocycles. The Balaban J connectivity index is 2.38. The Labute approximate surface area is 139 Å². The fraction of sp³-hybridized carbons (Fsp3) is 0.0769. The quantitative estimate of drug-likeness (QED) is 0.696. The highest BCUT2D eigenvalue weighted by molar-refractivity contribution is 9.10. The minimum Gasteiger partial charge on any atom is -0.279 e. The zero-order valence-electron chi connectivity index (χ0n) is 10.1. The van der Waals surface area contributed by atoms with Gasteiger partial charge in [-0.25, -0.2) is 8.42 Å². The number of anilines is 1. The topological polar surface area (TPSA) is 46.2 Å². The van der Waals surface area contributed by atoms with Gasteiger partial charge in [0.15, 0.2) is 0 Å². The molecule has 0 amide bonds. The van der Waals surface area contributed by atoms with Crippen LogP contribution in [0.4, 0.5) is 5.69 Å². The molecule has 0 aliphatic rings. The summed E-state index contributed by atoms with van der Waals surface area (Å²) in [4.78, 5) is 0.151. The van der Waals surface area contributed by atoms with Crippen LogP contribution < -0.4 is 4.72 Å². The summed E-state index contributed by atoms with van der Waals surface area (Å²) in [6.45, 7) is 0. The van der Waals surface area contributed by atoms with Gasteiger partial charge in [0.05, 0.1) is 15.6 Å². The van der Waals surface area contributed by atoms with Crippen LogP contribution in [0.5, 0.6) is 0 Å². The van der Waals surface area contributed by atoms with Crippen molar-refractivity contribution < 1.29 is 8.42 Å². The second-order valence-electron chi connectivity index (χ2n) is 3.97. The SMILES string of the molecule is O=S(=O)(Nc1ccccc1CBr)c1ccc(Cl)c(Br)c1. The summed E-state index contributed by atoms with van der Waals surface area (Å²) in [5.74, 6) is 0. The van der Waals surface area contributed by atoms with E-state index in [1.54, 1.807) is 12.1 Å². The van der Waals surface area contributed by atoms with Crippen molar-refractivity contribution in [1.29, 1.82) is 0 Å². The van der Waals surface area contributed by atoms with Crippen molar-refractivity contribution in [2.75, 3.05) is 4.72 Å². The Morgan fingerprint density at radius 3 is 2.50 bits per heavy atom. The largest absolute Gasteiger partial charge is 0.279 e. The van der Waals surface area contributed by atoms with Gasteiger partial charge in [-0.1, -0.05) is 45.7 Å². The second kappa shape index (κ2) is 6.47. The van der Waals surface area contributed by atoms with Crippen LogP contribution in [0.1, 0.15) is 5.56 Å². The summed E-state index contributed by atoms with van der Waals surface area (Å²) in [5.41, 5.74) is 1.42. The molecule has 2 aromatic rings. The highest BCUT2D eigenvalue weighted by Gasteiger charge is 2.16. The Kier molecular flexibility index (Phi) is 5.12. The molecule has 3 nitrogen and oxygen atoms in total. The highest BCUT2D eigenvalue weighted by Crippen LogP contribution is 2.27. The van der Waals surface area contributed by atoms with Crippen LogP contribution in [0.25, 0.3) is 0 Å². The lowest BCUT2D eigenvalue weighted by Gasteiger charge is -2.11. The molecule has 0 saturated heterocycles. The second-order valence-corrected chi connectivity index (χ2v) is 7.48. The molecule has 20 heavy (non-hydrogen) atoms. The van der Waals surface area contributed by atoms with Gasteiger partial charge in [-0.05, 0) is 45.8 Å². The van der Waals surface area contributed by atoms with Crippen LogP contribution in [0.3, 0.4) is 0 Å². The monoisotopic (exact) mass is 437 g/mol. The number of nitrogens with one attached hydrogen (secondary N) is 1. The number of sulfonamides is 1. The van der Waals surface area contributed by atoms with E-state index in [1.165, 1.54) is 18.2 Å². The molecule has 2 aromatic carbocycles. The summed E-state index contributed by atoms with van der Waals surface area (Å²) < 4.78 is 27.8. The number of rotatable bonds is 4. The maximum Gasteiger partial charge on any atom is 0.261 e. The van der Waals surface area contributed by atoms with E-state index in [0.717, 1.165) is 5.56 Å². The average molecular weight is 440 g/mol. The van der Waals surface area contributed by atoms with E-state index < -0.39 is 10.0 Å². The number of benzene rings is 2. The predicted octanol–water partition coefficient (Wildman–Crippen LogP) is 4.80. The molecule has 0 fully saturated rings. The first-order chi connectivity index (χ1) is 9.44. The molecule has 2 rings (SSSR count). The molecule has 106 valence electrons. The molecule has 7 heteroatoms. The van der Waals surface area contributed by atoms with E-state index >= 15 is 0 Å². The smallest absolute Gasteiger partial charge is 0.261 e. The van der Waals surface area contributed by atoms with E-state index in [-0.39, 0.29) is 4.90 Å².